The van der Waals surface area contributed by atoms with Gasteiger partial charge in [0.05, 0.1) is 7.11 Å². The predicted molar refractivity (Wildman–Crippen MR) is 56.5 cm³/mol. The molecule has 0 aromatic rings. The Bertz CT molecular complexity index is 179. The van der Waals surface area contributed by atoms with Crippen LogP contribution in [0.1, 0.15) is 32.1 Å². The van der Waals surface area contributed by atoms with Gasteiger partial charge in [-0.05, 0) is 25.7 Å². The molecule has 0 radical (unpaired) electrons. The second-order valence-electron chi connectivity index (χ2n) is 3.50. The summed E-state index contributed by atoms with van der Waals surface area (Å²) in [6, 6.07) is 0. The van der Waals surface area contributed by atoms with E-state index in [1.54, 1.807) is 7.11 Å². The Morgan fingerprint density at radius 2 is 1.93 bits per heavy atom. The molecule has 0 fully saturated rings. The van der Waals surface area contributed by atoms with E-state index >= 15 is 0 Å². The molecule has 88 valence electrons. The van der Waals surface area contributed by atoms with E-state index < -0.39 is 0 Å². The summed E-state index contributed by atoms with van der Waals surface area (Å²) < 4.78 is 9.42. The highest BCUT2D eigenvalue weighted by Crippen LogP contribution is 2.12. The second-order valence-corrected chi connectivity index (χ2v) is 3.50. The van der Waals surface area contributed by atoms with E-state index in [1.807, 2.05) is 0 Å². The van der Waals surface area contributed by atoms with Crippen molar-refractivity contribution >= 4 is 12.3 Å². The zero-order valence-electron chi connectivity index (χ0n) is 9.53. The molecule has 0 saturated carbocycles. The van der Waals surface area contributed by atoms with Gasteiger partial charge in [-0.1, -0.05) is 0 Å². The van der Waals surface area contributed by atoms with Gasteiger partial charge in [0.25, 0.3) is 0 Å². The zero-order chi connectivity index (χ0) is 11.5. The third-order valence-corrected chi connectivity index (χ3v) is 2.30. The van der Waals surface area contributed by atoms with Gasteiger partial charge in [-0.25, -0.2) is 0 Å². The van der Waals surface area contributed by atoms with Gasteiger partial charge in [-0.2, -0.15) is 0 Å². The van der Waals surface area contributed by atoms with E-state index in [9.17, 15) is 9.59 Å². The first-order valence-corrected chi connectivity index (χ1v) is 5.25. The molecule has 0 amide bonds. The maximum Gasteiger partial charge on any atom is 0.305 e. The highest BCUT2D eigenvalue weighted by molar-refractivity contribution is 5.69. The van der Waals surface area contributed by atoms with Crippen LogP contribution >= 0.6 is 0 Å². The number of hydrogen-bond donors (Lipinski definition) is 0. The highest BCUT2D eigenvalue weighted by atomic mass is 16.5. The molecule has 1 unspecified atom stereocenters. The quantitative estimate of drug-likeness (QED) is 0.333. The van der Waals surface area contributed by atoms with Crippen LogP contribution in [0.25, 0.3) is 0 Å². The number of hydrogen-bond acceptors (Lipinski definition) is 4. The summed E-state index contributed by atoms with van der Waals surface area (Å²) in [6.07, 6.45) is 4.54. The van der Waals surface area contributed by atoms with Gasteiger partial charge in [0.2, 0.25) is 0 Å². The largest absolute Gasteiger partial charge is 0.469 e. The summed E-state index contributed by atoms with van der Waals surface area (Å²) in [5.41, 5.74) is 0. The number of rotatable bonds is 9. The van der Waals surface area contributed by atoms with Crippen molar-refractivity contribution in [3.8, 4) is 0 Å². The van der Waals surface area contributed by atoms with E-state index in [-0.39, 0.29) is 11.9 Å². The van der Waals surface area contributed by atoms with Crippen LogP contribution in [0.2, 0.25) is 0 Å². The fourth-order valence-electron chi connectivity index (χ4n) is 1.38. The normalized spacial score (nSPS) is 12.1. The third kappa shape index (κ3) is 8.12. The molecule has 0 N–H and O–H groups in total. The monoisotopic (exact) mass is 216 g/mol. The molecule has 0 rings (SSSR count). The lowest BCUT2D eigenvalue weighted by Crippen LogP contribution is -2.06. The molecule has 0 spiro atoms. The molecule has 0 aromatic heterocycles. The highest BCUT2D eigenvalue weighted by Gasteiger charge is 2.08. The number of esters is 1. The van der Waals surface area contributed by atoms with E-state index in [4.69, 9.17) is 4.74 Å². The molecule has 15 heavy (non-hydrogen) atoms. The van der Waals surface area contributed by atoms with Crippen molar-refractivity contribution in [2.24, 2.45) is 5.92 Å². The Morgan fingerprint density at radius 1 is 1.27 bits per heavy atom. The molecule has 0 saturated heterocycles. The van der Waals surface area contributed by atoms with Crippen LogP contribution in [-0.4, -0.2) is 33.1 Å². The van der Waals surface area contributed by atoms with Gasteiger partial charge in [0.1, 0.15) is 6.29 Å². The average molecular weight is 216 g/mol. The second kappa shape index (κ2) is 9.65. The summed E-state index contributed by atoms with van der Waals surface area (Å²) in [5.74, 6) is -0.165. The van der Waals surface area contributed by atoms with Gasteiger partial charge in [-0.3, -0.25) is 4.79 Å². The first-order chi connectivity index (χ1) is 7.24. The predicted octanol–water partition coefficient (Wildman–Crippen LogP) is 1.57. The lowest BCUT2D eigenvalue weighted by atomic mass is 9.98. The summed E-state index contributed by atoms with van der Waals surface area (Å²) in [5, 5.41) is 0. The van der Waals surface area contributed by atoms with Crippen LogP contribution < -0.4 is 0 Å². The van der Waals surface area contributed by atoms with E-state index in [0.717, 1.165) is 25.5 Å². The van der Waals surface area contributed by atoms with Gasteiger partial charge in [0, 0.05) is 26.1 Å². The molecule has 0 aliphatic heterocycles. The fourth-order valence-corrected chi connectivity index (χ4v) is 1.38. The summed E-state index contributed by atoms with van der Waals surface area (Å²) >= 11 is 0. The molecule has 0 bridgehead atoms. The Morgan fingerprint density at radius 3 is 2.47 bits per heavy atom. The molecule has 0 aliphatic carbocycles. The molecule has 1 atom stereocenters. The summed E-state index contributed by atoms with van der Waals surface area (Å²) in [6.45, 7) is 0.682. The van der Waals surface area contributed by atoms with E-state index in [0.29, 0.717) is 19.4 Å². The van der Waals surface area contributed by atoms with Crippen molar-refractivity contribution in [3.63, 3.8) is 0 Å². The Hall–Kier alpha value is -0.900. The van der Waals surface area contributed by atoms with E-state index in [1.165, 1.54) is 7.11 Å². The van der Waals surface area contributed by atoms with Crippen LogP contribution in [-0.2, 0) is 19.1 Å². The lowest BCUT2D eigenvalue weighted by molar-refractivity contribution is -0.140. The molecule has 0 aromatic carbocycles. The first kappa shape index (κ1) is 14.1. The van der Waals surface area contributed by atoms with Gasteiger partial charge in [0.15, 0.2) is 0 Å². The number of methoxy groups -OCH3 is 2. The summed E-state index contributed by atoms with van der Waals surface area (Å²) in [4.78, 5) is 21.5. The minimum Gasteiger partial charge on any atom is -0.469 e. The number of carbonyl (C=O) groups excluding carboxylic acids is 2. The SMILES string of the molecule is COCCCC(C=O)CCCC(=O)OC. The van der Waals surface area contributed by atoms with Crippen LogP contribution in [0.5, 0.6) is 0 Å². The van der Waals surface area contributed by atoms with Crippen LogP contribution in [0.3, 0.4) is 0 Å². The van der Waals surface area contributed by atoms with Gasteiger partial charge < -0.3 is 14.3 Å². The Kier molecular flexibility index (Phi) is 9.07. The molecule has 4 nitrogen and oxygen atoms in total. The fraction of sp³-hybridized carbons (Fsp3) is 0.818. The maximum absolute atomic E-state index is 10.8. The summed E-state index contributed by atoms with van der Waals surface area (Å²) in [7, 11) is 3.02. The minimum absolute atomic E-state index is 0.0461. The van der Waals surface area contributed by atoms with Crippen molar-refractivity contribution in [2.75, 3.05) is 20.8 Å². The average Bonchev–Trinajstić information content (AvgIpc) is 2.26. The molecular formula is C11H20O4. The third-order valence-electron chi connectivity index (χ3n) is 2.30. The Labute approximate surface area is 90.9 Å². The zero-order valence-corrected chi connectivity index (χ0v) is 9.53. The molecule has 4 heteroatoms. The van der Waals surface area contributed by atoms with Gasteiger partial charge in [-0.15, -0.1) is 0 Å². The lowest BCUT2D eigenvalue weighted by Gasteiger charge is -2.08. The van der Waals surface area contributed by atoms with Crippen molar-refractivity contribution in [3.05, 3.63) is 0 Å². The minimum atomic E-state index is -0.212. The number of ether oxygens (including phenoxy) is 2. The first-order valence-electron chi connectivity index (χ1n) is 5.25. The van der Waals surface area contributed by atoms with Crippen molar-refractivity contribution in [1.82, 2.24) is 0 Å². The van der Waals surface area contributed by atoms with Crippen LogP contribution in [0, 0.1) is 5.92 Å². The van der Waals surface area contributed by atoms with Gasteiger partial charge >= 0.3 is 5.97 Å². The molecule has 0 aliphatic rings. The van der Waals surface area contributed by atoms with Crippen molar-refractivity contribution in [2.45, 2.75) is 32.1 Å². The van der Waals surface area contributed by atoms with Crippen LogP contribution in [0.15, 0.2) is 0 Å². The van der Waals surface area contributed by atoms with E-state index in [2.05, 4.69) is 4.74 Å². The molecule has 0 heterocycles. The standard InChI is InChI=1S/C11H20O4/c1-14-8-4-6-10(9-12)5-3-7-11(13)15-2/h9-10H,3-8H2,1-2H3. The van der Waals surface area contributed by atoms with Crippen LogP contribution in [0.4, 0.5) is 0 Å². The molecular weight excluding hydrogens is 196 g/mol. The van der Waals surface area contributed by atoms with Crippen molar-refractivity contribution in [1.29, 1.82) is 0 Å². The maximum atomic E-state index is 10.8. The number of aldehydes is 1. The number of carbonyl (C=O) groups is 2. The smallest absolute Gasteiger partial charge is 0.305 e. The Balaban J connectivity index is 3.52. The topological polar surface area (TPSA) is 52.6 Å². The van der Waals surface area contributed by atoms with Crippen molar-refractivity contribution < 1.29 is 19.1 Å².